The molecule has 0 saturated heterocycles. The minimum Gasteiger partial charge on any atom is -0.481 e. The number of fused-ring (bicyclic) bond motifs is 1. The molecule has 8 heteroatoms. The van der Waals surface area contributed by atoms with Gasteiger partial charge in [0.05, 0.1) is 0 Å². The van der Waals surface area contributed by atoms with Crippen molar-refractivity contribution in [3.63, 3.8) is 0 Å². The first kappa shape index (κ1) is 17.1. The van der Waals surface area contributed by atoms with Gasteiger partial charge in [0.15, 0.2) is 17.6 Å². The highest BCUT2D eigenvalue weighted by molar-refractivity contribution is 9.10. The predicted molar refractivity (Wildman–Crippen MR) is 92.4 cm³/mol. The molecule has 130 valence electrons. The first-order valence-corrected chi connectivity index (χ1v) is 8.24. The monoisotopic (exact) mass is 406 g/mol. The Hall–Kier alpha value is -2.74. The van der Waals surface area contributed by atoms with Gasteiger partial charge in [0.25, 0.3) is 11.8 Å². The minimum absolute atomic E-state index is 0.127. The standard InChI is InChI=1S/C17H15BrN2O5/c1-10(25-13-4-2-3-12(18)8-13)16(21)19-20-17(22)11-5-6-14-15(7-11)24-9-23-14/h2-8,10H,9H2,1H3,(H,19,21)(H,20,22). The largest absolute Gasteiger partial charge is 0.481 e. The maximum absolute atomic E-state index is 12.1. The third-order valence-electron chi connectivity index (χ3n) is 3.41. The number of ether oxygens (including phenoxy) is 3. The normalized spacial score (nSPS) is 13.0. The van der Waals surface area contributed by atoms with Crippen LogP contribution in [0.5, 0.6) is 17.2 Å². The molecule has 0 saturated carbocycles. The predicted octanol–water partition coefficient (Wildman–Crippen LogP) is 2.41. The van der Waals surface area contributed by atoms with Crippen LogP contribution in [0, 0.1) is 0 Å². The SMILES string of the molecule is CC(Oc1cccc(Br)c1)C(=O)NNC(=O)c1ccc2c(c1)OCO2. The molecular weight excluding hydrogens is 392 g/mol. The summed E-state index contributed by atoms with van der Waals surface area (Å²) in [5.41, 5.74) is 5.02. The van der Waals surface area contributed by atoms with E-state index < -0.39 is 17.9 Å². The van der Waals surface area contributed by atoms with Gasteiger partial charge in [-0.3, -0.25) is 20.4 Å². The Morgan fingerprint density at radius 3 is 2.72 bits per heavy atom. The number of nitrogens with one attached hydrogen (secondary N) is 2. The van der Waals surface area contributed by atoms with Crippen molar-refractivity contribution in [1.29, 1.82) is 0 Å². The first-order valence-electron chi connectivity index (χ1n) is 7.45. The molecule has 2 amide bonds. The smallest absolute Gasteiger partial charge is 0.279 e. The third kappa shape index (κ3) is 4.21. The lowest BCUT2D eigenvalue weighted by molar-refractivity contribution is -0.128. The van der Waals surface area contributed by atoms with Gasteiger partial charge >= 0.3 is 0 Å². The van der Waals surface area contributed by atoms with Gasteiger partial charge in [-0.2, -0.15) is 0 Å². The van der Waals surface area contributed by atoms with Crippen molar-refractivity contribution < 1.29 is 23.8 Å². The number of carbonyl (C=O) groups is 2. The number of benzene rings is 2. The molecule has 0 fully saturated rings. The molecule has 2 aromatic carbocycles. The van der Waals surface area contributed by atoms with Crippen LogP contribution < -0.4 is 25.1 Å². The molecule has 3 rings (SSSR count). The van der Waals surface area contributed by atoms with Crippen molar-refractivity contribution in [3.05, 3.63) is 52.5 Å². The number of hydrogen-bond acceptors (Lipinski definition) is 5. The Labute approximate surface area is 152 Å². The van der Waals surface area contributed by atoms with Gasteiger partial charge < -0.3 is 14.2 Å². The van der Waals surface area contributed by atoms with Gasteiger partial charge in [0.1, 0.15) is 5.75 Å². The molecule has 1 heterocycles. The summed E-state index contributed by atoms with van der Waals surface area (Å²) in [5.74, 6) is 0.663. The maximum Gasteiger partial charge on any atom is 0.279 e. The molecule has 0 aliphatic carbocycles. The maximum atomic E-state index is 12.1. The van der Waals surface area contributed by atoms with Crippen LogP contribution in [0.3, 0.4) is 0 Å². The average molecular weight is 407 g/mol. The second kappa shape index (κ2) is 7.43. The van der Waals surface area contributed by atoms with Crippen molar-refractivity contribution in [2.24, 2.45) is 0 Å². The lowest BCUT2D eigenvalue weighted by Gasteiger charge is -2.15. The molecular formula is C17H15BrN2O5. The van der Waals surface area contributed by atoms with Crippen molar-refractivity contribution in [2.75, 3.05) is 6.79 Å². The van der Waals surface area contributed by atoms with Crippen LogP contribution in [-0.2, 0) is 4.79 Å². The molecule has 1 atom stereocenters. The highest BCUT2D eigenvalue weighted by Gasteiger charge is 2.18. The van der Waals surface area contributed by atoms with E-state index in [4.69, 9.17) is 14.2 Å². The number of hydrazine groups is 1. The summed E-state index contributed by atoms with van der Waals surface area (Å²) in [6, 6.07) is 11.9. The second-order valence-electron chi connectivity index (χ2n) is 5.23. The zero-order chi connectivity index (χ0) is 17.8. The second-order valence-corrected chi connectivity index (χ2v) is 6.14. The summed E-state index contributed by atoms with van der Waals surface area (Å²) in [6.07, 6.45) is -0.786. The Kier molecular flexibility index (Phi) is 5.08. The lowest BCUT2D eigenvalue weighted by Crippen LogP contribution is -2.47. The Balaban J connectivity index is 1.53. The third-order valence-corrected chi connectivity index (χ3v) is 3.91. The topological polar surface area (TPSA) is 85.9 Å². The fourth-order valence-electron chi connectivity index (χ4n) is 2.13. The molecule has 1 aliphatic rings. The number of halogens is 1. The van der Waals surface area contributed by atoms with E-state index in [1.165, 1.54) is 0 Å². The summed E-state index contributed by atoms with van der Waals surface area (Å²) in [4.78, 5) is 24.2. The first-order chi connectivity index (χ1) is 12.0. The van der Waals surface area contributed by atoms with Crippen LogP contribution in [0.1, 0.15) is 17.3 Å². The average Bonchev–Trinajstić information content (AvgIpc) is 3.07. The Bertz CT molecular complexity index is 811. The molecule has 1 unspecified atom stereocenters. The zero-order valence-corrected chi connectivity index (χ0v) is 14.8. The van der Waals surface area contributed by atoms with E-state index in [-0.39, 0.29) is 6.79 Å². The summed E-state index contributed by atoms with van der Waals surface area (Å²) in [7, 11) is 0. The molecule has 0 bridgehead atoms. The zero-order valence-electron chi connectivity index (χ0n) is 13.2. The van der Waals surface area contributed by atoms with Crippen LogP contribution in [0.2, 0.25) is 0 Å². The number of carbonyl (C=O) groups excluding carboxylic acids is 2. The van der Waals surface area contributed by atoms with Gasteiger partial charge in [-0.15, -0.1) is 0 Å². The number of hydrogen-bond donors (Lipinski definition) is 2. The lowest BCUT2D eigenvalue weighted by atomic mass is 10.2. The Morgan fingerprint density at radius 1 is 1.12 bits per heavy atom. The molecule has 7 nitrogen and oxygen atoms in total. The van der Waals surface area contributed by atoms with Crippen LogP contribution in [-0.4, -0.2) is 24.7 Å². The molecule has 2 N–H and O–H groups in total. The summed E-state index contributed by atoms with van der Waals surface area (Å²) >= 11 is 3.33. The van der Waals surface area contributed by atoms with Crippen molar-refractivity contribution in [3.8, 4) is 17.2 Å². The van der Waals surface area contributed by atoms with Crippen LogP contribution in [0.25, 0.3) is 0 Å². The van der Waals surface area contributed by atoms with Gasteiger partial charge in [-0.25, -0.2) is 0 Å². The van der Waals surface area contributed by atoms with Crippen LogP contribution in [0.4, 0.5) is 0 Å². The quantitative estimate of drug-likeness (QED) is 0.761. The van der Waals surface area contributed by atoms with E-state index in [1.807, 2.05) is 6.07 Å². The van der Waals surface area contributed by atoms with E-state index in [2.05, 4.69) is 26.8 Å². The summed E-state index contributed by atoms with van der Waals surface area (Å²) < 4.78 is 16.8. The van der Waals surface area contributed by atoms with E-state index in [1.54, 1.807) is 43.3 Å². The van der Waals surface area contributed by atoms with Crippen LogP contribution >= 0.6 is 15.9 Å². The summed E-state index contributed by atoms with van der Waals surface area (Å²) in [6.45, 7) is 1.71. The van der Waals surface area contributed by atoms with Gasteiger partial charge in [-0.1, -0.05) is 22.0 Å². The highest BCUT2D eigenvalue weighted by Crippen LogP contribution is 2.32. The van der Waals surface area contributed by atoms with Gasteiger partial charge in [-0.05, 0) is 43.3 Å². The van der Waals surface area contributed by atoms with Gasteiger partial charge in [0.2, 0.25) is 6.79 Å². The number of rotatable bonds is 4. The fourth-order valence-corrected chi connectivity index (χ4v) is 2.51. The van der Waals surface area contributed by atoms with E-state index >= 15 is 0 Å². The van der Waals surface area contributed by atoms with Crippen molar-refractivity contribution in [1.82, 2.24) is 10.9 Å². The van der Waals surface area contributed by atoms with Gasteiger partial charge in [0, 0.05) is 10.0 Å². The number of amides is 2. The Morgan fingerprint density at radius 2 is 1.92 bits per heavy atom. The molecule has 0 spiro atoms. The molecule has 0 aromatic heterocycles. The fraction of sp³-hybridized carbons (Fsp3) is 0.176. The molecule has 25 heavy (non-hydrogen) atoms. The summed E-state index contributed by atoms with van der Waals surface area (Å²) in [5, 5.41) is 0. The highest BCUT2D eigenvalue weighted by atomic mass is 79.9. The van der Waals surface area contributed by atoms with Crippen molar-refractivity contribution >= 4 is 27.7 Å². The van der Waals surface area contributed by atoms with Crippen LogP contribution in [0.15, 0.2) is 46.9 Å². The van der Waals surface area contributed by atoms with Crippen molar-refractivity contribution in [2.45, 2.75) is 13.0 Å². The molecule has 2 aromatic rings. The van der Waals surface area contributed by atoms with E-state index in [9.17, 15) is 9.59 Å². The van der Waals surface area contributed by atoms with E-state index in [0.717, 1.165) is 4.47 Å². The minimum atomic E-state index is -0.786. The van der Waals surface area contributed by atoms with E-state index in [0.29, 0.717) is 22.8 Å². The molecule has 1 aliphatic heterocycles. The molecule has 0 radical (unpaired) electrons.